The largest absolute Gasteiger partial charge is 0.416 e. The van der Waals surface area contributed by atoms with Crippen LogP contribution in [0.3, 0.4) is 0 Å². The molecule has 0 radical (unpaired) electrons. The number of anilines is 3. The number of carbonyl (C=O) groups excluding carboxylic acids is 1. The number of aryl methyl sites for hydroxylation is 1. The van der Waals surface area contributed by atoms with E-state index in [9.17, 15) is 27.2 Å². The molecule has 156 valence electrons. The Hall–Kier alpha value is -3.69. The number of hydrogen-bond acceptors (Lipinski definition) is 4. The molecule has 0 saturated heterocycles. The molecule has 0 bridgehead atoms. The standard InChI is InChI=1S/C20H16F4N4O2/c1-12-10-18(30)28(19(25-12)27-16-8-4-14(21)5-9-16)11-17(29)26-15-6-2-13(3-7-15)20(22,23)24/h2-10H,11H2,1H3,(H,25,27)(H,26,29). The summed E-state index contributed by atoms with van der Waals surface area (Å²) in [6.07, 6.45) is -4.48. The highest BCUT2D eigenvalue weighted by atomic mass is 19.4. The fourth-order valence-corrected chi connectivity index (χ4v) is 2.62. The first-order chi connectivity index (χ1) is 14.1. The van der Waals surface area contributed by atoms with Gasteiger partial charge in [0.25, 0.3) is 5.56 Å². The van der Waals surface area contributed by atoms with Crippen molar-refractivity contribution in [2.45, 2.75) is 19.6 Å². The average Bonchev–Trinajstić information content (AvgIpc) is 2.66. The number of nitrogens with one attached hydrogen (secondary N) is 2. The Morgan fingerprint density at radius 2 is 1.63 bits per heavy atom. The van der Waals surface area contributed by atoms with Gasteiger partial charge in [0.1, 0.15) is 12.4 Å². The lowest BCUT2D eigenvalue weighted by atomic mass is 10.2. The van der Waals surface area contributed by atoms with Crippen molar-refractivity contribution in [3.63, 3.8) is 0 Å². The Labute approximate surface area is 168 Å². The van der Waals surface area contributed by atoms with Crippen molar-refractivity contribution in [3.8, 4) is 0 Å². The summed E-state index contributed by atoms with van der Waals surface area (Å²) in [7, 11) is 0. The van der Waals surface area contributed by atoms with Crippen molar-refractivity contribution in [3.05, 3.63) is 82.0 Å². The molecule has 3 aromatic rings. The van der Waals surface area contributed by atoms with E-state index in [2.05, 4.69) is 15.6 Å². The van der Waals surface area contributed by atoms with Crippen molar-refractivity contribution >= 4 is 23.2 Å². The van der Waals surface area contributed by atoms with Gasteiger partial charge in [-0.25, -0.2) is 9.37 Å². The van der Waals surface area contributed by atoms with Crippen LogP contribution in [0.2, 0.25) is 0 Å². The van der Waals surface area contributed by atoms with Crippen LogP contribution in [0, 0.1) is 12.7 Å². The van der Waals surface area contributed by atoms with E-state index in [-0.39, 0.29) is 11.6 Å². The molecule has 0 fully saturated rings. The minimum Gasteiger partial charge on any atom is -0.326 e. The van der Waals surface area contributed by atoms with Crippen LogP contribution in [0.5, 0.6) is 0 Å². The highest BCUT2D eigenvalue weighted by Crippen LogP contribution is 2.29. The van der Waals surface area contributed by atoms with Crippen LogP contribution in [0.15, 0.2) is 59.4 Å². The first-order valence-electron chi connectivity index (χ1n) is 8.70. The zero-order chi connectivity index (χ0) is 21.9. The Balaban J connectivity index is 1.79. The molecule has 0 aliphatic heterocycles. The van der Waals surface area contributed by atoms with E-state index in [1.54, 1.807) is 6.92 Å². The smallest absolute Gasteiger partial charge is 0.326 e. The Morgan fingerprint density at radius 3 is 2.23 bits per heavy atom. The number of rotatable bonds is 5. The summed E-state index contributed by atoms with van der Waals surface area (Å²) >= 11 is 0. The molecule has 3 rings (SSSR count). The summed E-state index contributed by atoms with van der Waals surface area (Å²) in [4.78, 5) is 28.9. The summed E-state index contributed by atoms with van der Waals surface area (Å²) < 4.78 is 52.0. The summed E-state index contributed by atoms with van der Waals surface area (Å²) in [5, 5.41) is 5.29. The van der Waals surface area contributed by atoms with E-state index in [0.717, 1.165) is 28.8 Å². The summed E-state index contributed by atoms with van der Waals surface area (Å²) in [6, 6.07) is 10.5. The van der Waals surface area contributed by atoms with Crippen LogP contribution in [0.4, 0.5) is 34.9 Å². The minimum absolute atomic E-state index is 0.0641. The first kappa shape index (κ1) is 21.0. The average molecular weight is 420 g/mol. The maximum Gasteiger partial charge on any atom is 0.416 e. The molecule has 0 unspecified atom stereocenters. The predicted molar refractivity (Wildman–Crippen MR) is 103 cm³/mol. The van der Waals surface area contributed by atoms with Crippen molar-refractivity contribution in [1.82, 2.24) is 9.55 Å². The monoisotopic (exact) mass is 420 g/mol. The second-order valence-electron chi connectivity index (χ2n) is 6.40. The fourth-order valence-electron chi connectivity index (χ4n) is 2.62. The zero-order valence-corrected chi connectivity index (χ0v) is 15.6. The normalized spacial score (nSPS) is 11.2. The van der Waals surface area contributed by atoms with Gasteiger partial charge in [0.15, 0.2) is 0 Å². The van der Waals surface area contributed by atoms with Crippen molar-refractivity contribution in [2.75, 3.05) is 10.6 Å². The van der Waals surface area contributed by atoms with Crippen LogP contribution < -0.4 is 16.2 Å². The molecule has 2 N–H and O–H groups in total. The number of benzene rings is 2. The summed E-state index contributed by atoms with van der Waals surface area (Å²) in [5.74, 6) is -1.01. The Bertz CT molecular complexity index is 1110. The van der Waals surface area contributed by atoms with E-state index in [0.29, 0.717) is 11.4 Å². The van der Waals surface area contributed by atoms with Crippen molar-refractivity contribution < 1.29 is 22.4 Å². The molecule has 1 amide bonds. The molecule has 1 aromatic heterocycles. The molecular formula is C20H16F4N4O2. The molecule has 0 aliphatic rings. The number of carbonyl (C=O) groups is 1. The SMILES string of the molecule is Cc1cc(=O)n(CC(=O)Nc2ccc(C(F)(F)F)cc2)c(Nc2ccc(F)cc2)n1. The van der Waals surface area contributed by atoms with E-state index < -0.39 is 35.6 Å². The molecule has 10 heteroatoms. The number of alkyl halides is 3. The second kappa shape index (κ2) is 8.36. The van der Waals surface area contributed by atoms with Gasteiger partial charge in [-0.15, -0.1) is 0 Å². The van der Waals surface area contributed by atoms with E-state index >= 15 is 0 Å². The van der Waals surface area contributed by atoms with Gasteiger partial charge in [0.05, 0.1) is 5.56 Å². The van der Waals surface area contributed by atoms with Crippen molar-refractivity contribution in [1.29, 1.82) is 0 Å². The van der Waals surface area contributed by atoms with Gasteiger partial charge in [-0.1, -0.05) is 0 Å². The third-order valence-corrected chi connectivity index (χ3v) is 4.03. The lowest BCUT2D eigenvalue weighted by Crippen LogP contribution is -2.30. The molecule has 6 nitrogen and oxygen atoms in total. The number of hydrogen-bond donors (Lipinski definition) is 2. The summed E-state index contributed by atoms with van der Waals surface area (Å²) in [5.41, 5.74) is -0.344. The summed E-state index contributed by atoms with van der Waals surface area (Å²) in [6.45, 7) is 1.17. The maximum atomic E-state index is 13.1. The minimum atomic E-state index is -4.48. The molecule has 30 heavy (non-hydrogen) atoms. The highest BCUT2D eigenvalue weighted by molar-refractivity contribution is 5.90. The molecule has 1 heterocycles. The van der Waals surface area contributed by atoms with Crippen LogP contribution in [0.1, 0.15) is 11.3 Å². The molecular weight excluding hydrogens is 404 g/mol. The third kappa shape index (κ3) is 5.22. The Morgan fingerprint density at radius 1 is 1.03 bits per heavy atom. The van der Waals surface area contributed by atoms with Crippen molar-refractivity contribution in [2.24, 2.45) is 0 Å². The first-order valence-corrected chi connectivity index (χ1v) is 8.70. The van der Waals surface area contributed by atoms with E-state index in [1.165, 1.54) is 30.3 Å². The molecule has 0 spiro atoms. The van der Waals surface area contributed by atoms with Gasteiger partial charge < -0.3 is 10.6 Å². The Kier molecular flexibility index (Phi) is 5.86. The number of nitrogens with zero attached hydrogens (tertiary/aromatic N) is 2. The second-order valence-corrected chi connectivity index (χ2v) is 6.40. The highest BCUT2D eigenvalue weighted by Gasteiger charge is 2.30. The number of aromatic nitrogens is 2. The zero-order valence-electron chi connectivity index (χ0n) is 15.6. The molecule has 2 aromatic carbocycles. The quantitative estimate of drug-likeness (QED) is 0.610. The predicted octanol–water partition coefficient (Wildman–Crippen LogP) is 4.09. The van der Waals surface area contributed by atoms with Gasteiger partial charge in [-0.05, 0) is 55.5 Å². The van der Waals surface area contributed by atoms with Gasteiger partial charge in [-0.3, -0.25) is 14.2 Å². The van der Waals surface area contributed by atoms with Gasteiger partial charge in [0, 0.05) is 23.1 Å². The van der Waals surface area contributed by atoms with E-state index in [4.69, 9.17) is 0 Å². The topological polar surface area (TPSA) is 76.0 Å². The fraction of sp³-hybridized carbons (Fsp3) is 0.150. The molecule has 0 atom stereocenters. The van der Waals surface area contributed by atoms with Gasteiger partial charge >= 0.3 is 6.18 Å². The van der Waals surface area contributed by atoms with Crippen LogP contribution in [-0.4, -0.2) is 15.5 Å². The molecule has 0 saturated carbocycles. The molecule has 0 aliphatic carbocycles. The lowest BCUT2D eigenvalue weighted by Gasteiger charge is -2.14. The lowest BCUT2D eigenvalue weighted by molar-refractivity contribution is -0.137. The number of halogens is 4. The maximum absolute atomic E-state index is 13.1. The number of amides is 1. The third-order valence-electron chi connectivity index (χ3n) is 4.03. The van der Waals surface area contributed by atoms with Gasteiger partial charge in [0.2, 0.25) is 11.9 Å². The van der Waals surface area contributed by atoms with Crippen LogP contribution in [0.25, 0.3) is 0 Å². The van der Waals surface area contributed by atoms with E-state index in [1.807, 2.05) is 0 Å². The van der Waals surface area contributed by atoms with Crippen LogP contribution >= 0.6 is 0 Å². The van der Waals surface area contributed by atoms with Gasteiger partial charge in [-0.2, -0.15) is 13.2 Å². The van der Waals surface area contributed by atoms with Crippen LogP contribution in [-0.2, 0) is 17.5 Å².